The molecule has 3 aromatic rings. The Hall–Kier alpha value is -2.64. The van der Waals surface area contributed by atoms with Gasteiger partial charge in [0.2, 0.25) is 9.84 Å². The van der Waals surface area contributed by atoms with Crippen LogP contribution in [0.25, 0.3) is 16.5 Å². The van der Waals surface area contributed by atoms with E-state index in [2.05, 4.69) is 10.3 Å². The fourth-order valence-corrected chi connectivity index (χ4v) is 5.22. The van der Waals surface area contributed by atoms with Crippen molar-refractivity contribution in [3.05, 3.63) is 58.3 Å². The Morgan fingerprint density at radius 2 is 1.96 bits per heavy atom. The first-order chi connectivity index (χ1) is 13.3. The Bertz CT molecular complexity index is 1300. The number of nitrogens with zero attached hydrogens (tertiary/aromatic N) is 1. The predicted octanol–water partition coefficient (Wildman–Crippen LogP) is 5.01. The van der Waals surface area contributed by atoms with Crippen molar-refractivity contribution in [3.8, 4) is 5.75 Å². The maximum Gasteiger partial charge on any atom is 0.200 e. The number of fused-ring (bicyclic) bond motifs is 2. The number of anilines is 2. The lowest BCUT2D eigenvalue weighted by atomic mass is 10.0. The van der Waals surface area contributed by atoms with Gasteiger partial charge < -0.3 is 10.4 Å². The van der Waals surface area contributed by atoms with Crippen LogP contribution in [0.2, 0.25) is 5.02 Å². The van der Waals surface area contributed by atoms with E-state index in [9.17, 15) is 17.9 Å². The van der Waals surface area contributed by atoms with Gasteiger partial charge in [0.15, 0.2) is 0 Å². The number of sulfone groups is 1. The number of aromatic hydroxyl groups is 1. The van der Waals surface area contributed by atoms with Crippen molar-refractivity contribution in [1.82, 2.24) is 4.98 Å². The van der Waals surface area contributed by atoms with Crippen LogP contribution in [0.5, 0.6) is 5.75 Å². The van der Waals surface area contributed by atoms with Gasteiger partial charge in [0, 0.05) is 28.7 Å². The molecule has 0 unspecified atom stereocenters. The summed E-state index contributed by atoms with van der Waals surface area (Å²) in [7, 11) is -3.51. The van der Waals surface area contributed by atoms with Gasteiger partial charge in [-0.1, -0.05) is 11.6 Å². The first-order valence-corrected chi connectivity index (χ1v) is 10.6. The summed E-state index contributed by atoms with van der Waals surface area (Å²) in [5, 5.41) is 14.5. The molecule has 0 spiro atoms. The number of allylic oxidation sites excluding steroid dienone is 1. The number of nitrogens with one attached hydrogen (secondary N) is 1. The number of halogens is 2. The first kappa shape index (κ1) is 17.5. The Balaban J connectivity index is 1.66. The Morgan fingerprint density at radius 1 is 1.18 bits per heavy atom. The molecule has 1 aromatic heterocycles. The molecule has 1 aliphatic carbocycles. The van der Waals surface area contributed by atoms with Crippen molar-refractivity contribution >= 4 is 49.3 Å². The molecule has 1 aliphatic heterocycles. The van der Waals surface area contributed by atoms with E-state index < -0.39 is 15.7 Å². The van der Waals surface area contributed by atoms with E-state index in [4.69, 9.17) is 11.6 Å². The zero-order valence-electron chi connectivity index (χ0n) is 14.4. The average Bonchev–Trinajstić information content (AvgIpc) is 3.45. The zero-order chi connectivity index (χ0) is 19.6. The number of hydrogen-bond donors (Lipinski definition) is 2. The highest BCUT2D eigenvalue weighted by molar-refractivity contribution is 7.95. The van der Waals surface area contributed by atoms with Gasteiger partial charge in [0.1, 0.15) is 11.6 Å². The second kappa shape index (κ2) is 5.93. The van der Waals surface area contributed by atoms with Gasteiger partial charge in [-0.05, 0) is 54.2 Å². The van der Waals surface area contributed by atoms with Crippen LogP contribution in [0.4, 0.5) is 15.8 Å². The normalized spacial score (nSPS) is 17.4. The van der Waals surface area contributed by atoms with Crippen LogP contribution in [0, 0.1) is 11.7 Å². The number of hydrogen-bond acceptors (Lipinski definition) is 5. The van der Waals surface area contributed by atoms with Crippen molar-refractivity contribution in [2.24, 2.45) is 5.92 Å². The monoisotopic (exact) mass is 416 g/mol. The fraction of sp³-hybridized carbons (Fsp3) is 0.150. The third-order valence-electron chi connectivity index (χ3n) is 5.07. The molecule has 0 amide bonds. The van der Waals surface area contributed by atoms with E-state index in [-0.39, 0.29) is 21.4 Å². The molecule has 142 valence electrons. The van der Waals surface area contributed by atoms with Gasteiger partial charge in [-0.15, -0.1) is 0 Å². The minimum Gasteiger partial charge on any atom is -0.506 e. The van der Waals surface area contributed by atoms with Crippen molar-refractivity contribution in [3.63, 3.8) is 0 Å². The van der Waals surface area contributed by atoms with Crippen LogP contribution in [-0.2, 0) is 9.84 Å². The van der Waals surface area contributed by atoms with Crippen LogP contribution in [0.15, 0.2) is 46.8 Å². The molecule has 2 N–H and O–H groups in total. The molecule has 1 fully saturated rings. The molecule has 1 saturated carbocycles. The largest absolute Gasteiger partial charge is 0.506 e. The Kier molecular flexibility index (Phi) is 3.70. The van der Waals surface area contributed by atoms with Crippen LogP contribution in [0.3, 0.4) is 0 Å². The van der Waals surface area contributed by atoms with Crippen molar-refractivity contribution in [1.29, 1.82) is 0 Å². The average molecular weight is 417 g/mol. The van der Waals surface area contributed by atoms with E-state index in [1.54, 1.807) is 24.4 Å². The van der Waals surface area contributed by atoms with Crippen molar-refractivity contribution in [2.75, 3.05) is 5.32 Å². The molecule has 0 radical (unpaired) electrons. The molecule has 0 atom stereocenters. The molecule has 2 aliphatic rings. The highest BCUT2D eigenvalue weighted by Gasteiger charge is 2.36. The molecule has 2 aromatic carbocycles. The summed E-state index contributed by atoms with van der Waals surface area (Å²) in [4.78, 5) is 4.60. The summed E-state index contributed by atoms with van der Waals surface area (Å²) in [6, 6.07) is 7.17. The maximum absolute atomic E-state index is 14.2. The topological polar surface area (TPSA) is 79.3 Å². The quantitative estimate of drug-likeness (QED) is 0.627. The van der Waals surface area contributed by atoms with E-state index in [1.165, 1.54) is 11.5 Å². The molecule has 0 bridgehead atoms. The lowest BCUT2D eigenvalue weighted by molar-refractivity contribution is 0.474. The number of phenolic OH excluding ortho intramolecular Hbond substituents is 1. The lowest BCUT2D eigenvalue weighted by Crippen LogP contribution is -1.98. The summed E-state index contributed by atoms with van der Waals surface area (Å²) in [5.41, 5.74) is 2.66. The second-order valence-corrected chi connectivity index (χ2v) is 9.20. The number of aromatic nitrogens is 1. The molecule has 0 saturated heterocycles. The SMILES string of the molecule is O=S1(=O)C=C(C2CC2)c2cc3nccc(Nc4cc(O)c(Cl)cc4F)c3cc21. The summed E-state index contributed by atoms with van der Waals surface area (Å²) >= 11 is 5.72. The third kappa shape index (κ3) is 2.73. The molecular formula is C20H14ClFN2O3S. The van der Waals surface area contributed by atoms with Crippen molar-refractivity contribution in [2.45, 2.75) is 17.7 Å². The smallest absolute Gasteiger partial charge is 0.200 e. The molecule has 5 rings (SSSR count). The second-order valence-electron chi connectivity index (χ2n) is 7.02. The number of pyridine rings is 1. The number of phenols is 1. The highest BCUT2D eigenvalue weighted by atomic mass is 35.5. The molecule has 28 heavy (non-hydrogen) atoms. The van der Waals surface area contributed by atoms with Crippen molar-refractivity contribution < 1.29 is 17.9 Å². The standard InChI is InChI=1S/C20H14ClFN2O3S/c21-14-7-15(22)18(8-19(14)25)24-16-3-4-23-17-5-11-13(10-1-2-10)9-28(26,27)20(11)6-12(16)17/h3-10,25H,1-2H2,(H,23,24). The number of rotatable bonds is 3. The van der Waals surface area contributed by atoms with Gasteiger partial charge in [-0.25, -0.2) is 12.8 Å². The zero-order valence-corrected chi connectivity index (χ0v) is 16.0. The van der Waals surface area contributed by atoms with Gasteiger partial charge in [-0.3, -0.25) is 4.98 Å². The summed E-state index contributed by atoms with van der Waals surface area (Å²) in [5.74, 6) is -0.606. The molecule has 2 heterocycles. The summed E-state index contributed by atoms with van der Waals surface area (Å²) in [6.07, 6.45) is 3.55. The van der Waals surface area contributed by atoms with Crippen LogP contribution >= 0.6 is 11.6 Å². The molecule has 8 heteroatoms. The van der Waals surface area contributed by atoms with E-state index >= 15 is 0 Å². The third-order valence-corrected chi connectivity index (χ3v) is 6.88. The summed E-state index contributed by atoms with van der Waals surface area (Å²) in [6.45, 7) is 0. The van der Waals surface area contributed by atoms with E-state index in [1.807, 2.05) is 0 Å². The minimum atomic E-state index is -3.51. The van der Waals surface area contributed by atoms with Gasteiger partial charge in [-0.2, -0.15) is 0 Å². The first-order valence-electron chi connectivity index (χ1n) is 8.68. The Labute approximate surface area is 165 Å². The van der Waals surface area contributed by atoms with E-state index in [0.717, 1.165) is 24.5 Å². The van der Waals surface area contributed by atoms with Gasteiger partial charge >= 0.3 is 0 Å². The van der Waals surface area contributed by atoms with Crippen LogP contribution in [0.1, 0.15) is 18.4 Å². The number of benzene rings is 2. The van der Waals surface area contributed by atoms with Crippen LogP contribution < -0.4 is 5.32 Å². The maximum atomic E-state index is 14.2. The molecule has 5 nitrogen and oxygen atoms in total. The minimum absolute atomic E-state index is 0.0227. The van der Waals surface area contributed by atoms with Gasteiger partial charge in [0.25, 0.3) is 0 Å². The van der Waals surface area contributed by atoms with Crippen LogP contribution in [-0.4, -0.2) is 18.5 Å². The lowest BCUT2D eigenvalue weighted by Gasteiger charge is -2.13. The van der Waals surface area contributed by atoms with Gasteiger partial charge in [0.05, 0.1) is 21.1 Å². The molecular weight excluding hydrogens is 403 g/mol. The fourth-order valence-electron chi connectivity index (χ4n) is 3.53. The Morgan fingerprint density at radius 3 is 2.71 bits per heavy atom. The highest BCUT2D eigenvalue weighted by Crippen LogP contribution is 2.49. The predicted molar refractivity (Wildman–Crippen MR) is 106 cm³/mol. The van der Waals surface area contributed by atoms with E-state index in [0.29, 0.717) is 28.1 Å². The summed E-state index contributed by atoms with van der Waals surface area (Å²) < 4.78 is 39.5.